The highest BCUT2D eigenvalue weighted by molar-refractivity contribution is 6.39. The number of nitro groups is 1. The van der Waals surface area contributed by atoms with Crippen LogP contribution in [-0.4, -0.2) is 22.8 Å². The van der Waals surface area contributed by atoms with E-state index >= 15 is 0 Å². The number of amides is 4. The standard InChI is InChI=1S/C22H15N3O6/c1-13-6-2-4-8-17(13)24-21(27)16(20(26)23-22(24)28)12-14-10-11-19(31-14)15-7-3-5-9-18(15)25(29)30/h2-12H,1H3,(H,23,26,28)/b16-12-. The summed E-state index contributed by atoms with van der Waals surface area (Å²) in [6.45, 7) is 1.74. The largest absolute Gasteiger partial charge is 0.456 e. The van der Waals surface area contributed by atoms with E-state index in [9.17, 15) is 24.5 Å². The van der Waals surface area contributed by atoms with E-state index in [1.165, 1.54) is 36.4 Å². The quantitative estimate of drug-likeness (QED) is 0.298. The first-order chi connectivity index (χ1) is 14.9. The lowest BCUT2D eigenvalue weighted by molar-refractivity contribution is -0.384. The van der Waals surface area contributed by atoms with Crippen molar-refractivity contribution in [1.29, 1.82) is 0 Å². The van der Waals surface area contributed by atoms with Gasteiger partial charge < -0.3 is 4.42 Å². The molecule has 1 N–H and O–H groups in total. The minimum absolute atomic E-state index is 0.130. The number of nitrogens with zero attached hydrogens (tertiary/aromatic N) is 2. The van der Waals surface area contributed by atoms with E-state index in [1.54, 1.807) is 37.3 Å². The lowest BCUT2D eigenvalue weighted by Gasteiger charge is -2.27. The molecule has 0 atom stereocenters. The normalized spacial score (nSPS) is 15.3. The predicted molar refractivity (Wildman–Crippen MR) is 111 cm³/mol. The molecule has 1 aliphatic heterocycles. The number of hydrogen-bond donors (Lipinski definition) is 1. The Kier molecular flexibility index (Phi) is 4.92. The van der Waals surface area contributed by atoms with Crippen molar-refractivity contribution in [2.45, 2.75) is 6.92 Å². The van der Waals surface area contributed by atoms with Crippen molar-refractivity contribution in [2.24, 2.45) is 0 Å². The molecule has 1 saturated heterocycles. The molecular weight excluding hydrogens is 402 g/mol. The van der Waals surface area contributed by atoms with E-state index in [-0.39, 0.29) is 28.3 Å². The fourth-order valence-corrected chi connectivity index (χ4v) is 3.25. The SMILES string of the molecule is Cc1ccccc1N1C(=O)NC(=O)/C(=C/c2ccc(-c3ccccc3[N+](=O)[O-])o2)C1=O. The summed E-state index contributed by atoms with van der Waals surface area (Å²) in [6, 6.07) is 15.0. The van der Waals surface area contributed by atoms with Gasteiger partial charge >= 0.3 is 6.03 Å². The van der Waals surface area contributed by atoms with Crippen LogP contribution >= 0.6 is 0 Å². The number of urea groups is 1. The van der Waals surface area contributed by atoms with Gasteiger partial charge in [0, 0.05) is 6.07 Å². The summed E-state index contributed by atoms with van der Waals surface area (Å²) in [5.74, 6) is -1.32. The van der Waals surface area contributed by atoms with Crippen LogP contribution in [0.2, 0.25) is 0 Å². The summed E-state index contributed by atoms with van der Waals surface area (Å²) in [7, 11) is 0. The van der Waals surface area contributed by atoms with Gasteiger partial charge in [-0.2, -0.15) is 0 Å². The van der Waals surface area contributed by atoms with Gasteiger partial charge in [0.2, 0.25) is 0 Å². The maximum atomic E-state index is 13.0. The first kappa shape index (κ1) is 19.8. The fraction of sp³-hybridized carbons (Fsp3) is 0.0455. The number of barbiturate groups is 1. The Hall–Kier alpha value is -4.53. The molecule has 9 heteroatoms. The molecule has 4 amide bonds. The number of nitro benzene ring substituents is 1. The maximum absolute atomic E-state index is 13.0. The molecular formula is C22H15N3O6. The molecule has 0 radical (unpaired) electrons. The molecule has 0 saturated carbocycles. The van der Waals surface area contributed by atoms with Gasteiger partial charge in [-0.25, -0.2) is 9.69 Å². The van der Waals surface area contributed by atoms with Crippen LogP contribution in [-0.2, 0) is 9.59 Å². The van der Waals surface area contributed by atoms with Gasteiger partial charge in [0.25, 0.3) is 17.5 Å². The molecule has 4 rings (SSSR count). The number of aryl methyl sites for hydroxylation is 1. The van der Waals surface area contributed by atoms with Gasteiger partial charge in [-0.3, -0.25) is 25.0 Å². The molecule has 0 unspecified atom stereocenters. The van der Waals surface area contributed by atoms with Gasteiger partial charge in [-0.1, -0.05) is 30.3 Å². The molecule has 3 aromatic rings. The van der Waals surface area contributed by atoms with E-state index in [1.807, 2.05) is 0 Å². The zero-order chi connectivity index (χ0) is 22.1. The number of furan rings is 1. The molecule has 9 nitrogen and oxygen atoms in total. The minimum atomic E-state index is -0.858. The van der Waals surface area contributed by atoms with Crippen LogP contribution in [0.4, 0.5) is 16.2 Å². The topological polar surface area (TPSA) is 123 Å². The van der Waals surface area contributed by atoms with Crippen LogP contribution in [0.5, 0.6) is 0 Å². The Balaban J connectivity index is 1.71. The Morgan fingerprint density at radius 1 is 1.00 bits per heavy atom. The van der Waals surface area contributed by atoms with E-state index < -0.39 is 22.8 Å². The van der Waals surface area contributed by atoms with E-state index in [0.29, 0.717) is 11.3 Å². The Bertz CT molecular complexity index is 1270. The number of carbonyl (C=O) groups is 3. The third-order valence-electron chi connectivity index (χ3n) is 4.74. The number of carbonyl (C=O) groups excluding carboxylic acids is 3. The molecule has 154 valence electrons. The molecule has 31 heavy (non-hydrogen) atoms. The van der Waals surface area contributed by atoms with Crippen molar-refractivity contribution >= 4 is 35.3 Å². The second kappa shape index (κ2) is 7.71. The fourth-order valence-electron chi connectivity index (χ4n) is 3.25. The molecule has 0 aliphatic carbocycles. The van der Waals surface area contributed by atoms with Gasteiger partial charge in [0.1, 0.15) is 17.1 Å². The number of nitrogens with one attached hydrogen (secondary N) is 1. The highest BCUT2D eigenvalue weighted by atomic mass is 16.6. The van der Waals surface area contributed by atoms with Crippen LogP contribution < -0.4 is 10.2 Å². The molecule has 1 aromatic heterocycles. The van der Waals surface area contributed by atoms with Crippen LogP contribution in [0.25, 0.3) is 17.4 Å². The molecule has 2 heterocycles. The number of benzene rings is 2. The Morgan fingerprint density at radius 2 is 1.71 bits per heavy atom. The first-order valence-corrected chi connectivity index (χ1v) is 9.17. The van der Waals surface area contributed by atoms with E-state index in [4.69, 9.17) is 4.42 Å². The zero-order valence-corrected chi connectivity index (χ0v) is 16.2. The number of anilines is 1. The smallest absolute Gasteiger partial charge is 0.335 e. The zero-order valence-electron chi connectivity index (χ0n) is 16.2. The summed E-state index contributed by atoms with van der Waals surface area (Å²) < 4.78 is 5.63. The lowest BCUT2D eigenvalue weighted by atomic mass is 10.1. The summed E-state index contributed by atoms with van der Waals surface area (Å²) in [5.41, 5.74) is 0.846. The third kappa shape index (κ3) is 3.60. The summed E-state index contributed by atoms with van der Waals surface area (Å²) >= 11 is 0. The van der Waals surface area contributed by atoms with Crippen LogP contribution in [0.1, 0.15) is 11.3 Å². The average Bonchev–Trinajstić information content (AvgIpc) is 3.21. The van der Waals surface area contributed by atoms with Crippen LogP contribution in [0.15, 0.2) is 70.7 Å². The van der Waals surface area contributed by atoms with Crippen molar-refractivity contribution < 1.29 is 23.7 Å². The summed E-state index contributed by atoms with van der Waals surface area (Å²) in [5, 5.41) is 13.4. The minimum Gasteiger partial charge on any atom is -0.456 e. The highest BCUT2D eigenvalue weighted by Gasteiger charge is 2.37. The van der Waals surface area contributed by atoms with E-state index in [0.717, 1.165) is 4.90 Å². The average molecular weight is 417 g/mol. The molecule has 0 bridgehead atoms. The van der Waals surface area contributed by atoms with Gasteiger partial charge in [-0.15, -0.1) is 0 Å². The van der Waals surface area contributed by atoms with Crippen molar-refractivity contribution in [2.75, 3.05) is 4.90 Å². The molecule has 0 spiro atoms. The van der Waals surface area contributed by atoms with Crippen LogP contribution in [0, 0.1) is 17.0 Å². The van der Waals surface area contributed by atoms with Crippen molar-refractivity contribution in [3.63, 3.8) is 0 Å². The van der Waals surface area contributed by atoms with Crippen molar-refractivity contribution in [3.8, 4) is 11.3 Å². The predicted octanol–water partition coefficient (Wildman–Crippen LogP) is 3.83. The lowest BCUT2D eigenvalue weighted by Crippen LogP contribution is -2.54. The molecule has 1 aliphatic rings. The van der Waals surface area contributed by atoms with Gasteiger partial charge in [0.05, 0.1) is 16.2 Å². The maximum Gasteiger partial charge on any atom is 0.335 e. The second-order valence-corrected chi connectivity index (χ2v) is 6.72. The van der Waals surface area contributed by atoms with Gasteiger partial charge in [-0.05, 0) is 42.8 Å². The number of hydrogen-bond acceptors (Lipinski definition) is 6. The number of rotatable bonds is 4. The van der Waals surface area contributed by atoms with E-state index in [2.05, 4.69) is 5.32 Å². The van der Waals surface area contributed by atoms with Crippen LogP contribution in [0.3, 0.4) is 0 Å². The Labute approximate surface area is 175 Å². The summed E-state index contributed by atoms with van der Waals surface area (Å²) in [6.07, 6.45) is 1.20. The van der Waals surface area contributed by atoms with Crippen molar-refractivity contribution in [3.05, 3.63) is 87.7 Å². The second-order valence-electron chi connectivity index (χ2n) is 6.72. The number of imide groups is 2. The number of para-hydroxylation sites is 2. The molecule has 2 aromatic carbocycles. The van der Waals surface area contributed by atoms with Crippen molar-refractivity contribution in [1.82, 2.24) is 5.32 Å². The Morgan fingerprint density at radius 3 is 2.45 bits per heavy atom. The highest BCUT2D eigenvalue weighted by Crippen LogP contribution is 2.32. The summed E-state index contributed by atoms with van der Waals surface area (Å²) in [4.78, 5) is 49.2. The first-order valence-electron chi connectivity index (χ1n) is 9.17. The monoisotopic (exact) mass is 417 g/mol. The third-order valence-corrected chi connectivity index (χ3v) is 4.74. The van der Waals surface area contributed by atoms with Gasteiger partial charge in [0.15, 0.2) is 0 Å². The molecule has 1 fully saturated rings.